The maximum absolute atomic E-state index is 4.37. The van der Waals surface area contributed by atoms with Crippen LogP contribution >= 0.6 is 28.6 Å². The van der Waals surface area contributed by atoms with Gasteiger partial charge in [0.25, 0.3) is 0 Å². The van der Waals surface area contributed by atoms with E-state index in [1.807, 2.05) is 0 Å². The zero-order valence-corrected chi connectivity index (χ0v) is 6.37. The molecule has 0 aromatic carbocycles. The summed E-state index contributed by atoms with van der Waals surface area (Å²) in [4.78, 5) is 0.753. The van der Waals surface area contributed by atoms with Crippen LogP contribution in [-0.2, 0) is 0 Å². The summed E-state index contributed by atoms with van der Waals surface area (Å²) < 4.78 is 0. The van der Waals surface area contributed by atoms with Gasteiger partial charge in [0.05, 0.1) is 0 Å². The molecule has 0 nitrogen and oxygen atoms in total. The third-order valence-corrected chi connectivity index (χ3v) is 4.80. The summed E-state index contributed by atoms with van der Waals surface area (Å²) in [7, 11) is 0. The van der Waals surface area contributed by atoms with Crippen LogP contribution < -0.4 is 0 Å². The second-order valence-corrected chi connectivity index (χ2v) is 4.12. The molecule has 2 atom stereocenters. The number of halogens is 1. The van der Waals surface area contributed by atoms with E-state index in [2.05, 4.69) is 28.6 Å². The van der Waals surface area contributed by atoms with Crippen LogP contribution in [-0.4, -0.2) is 10.1 Å². The van der Waals surface area contributed by atoms with E-state index in [0.29, 0.717) is 10.7 Å². The molecule has 0 heterocycles. The van der Waals surface area contributed by atoms with Gasteiger partial charge in [0.15, 0.2) is 0 Å². The zero-order chi connectivity index (χ0) is 5.07. The van der Waals surface area contributed by atoms with Crippen molar-refractivity contribution in [2.45, 2.75) is 22.9 Å². The molecular weight excluding hydrogens is 172 g/mol. The van der Waals surface area contributed by atoms with E-state index in [4.69, 9.17) is 0 Å². The van der Waals surface area contributed by atoms with Crippen LogP contribution in [0.2, 0.25) is 0 Å². The van der Waals surface area contributed by atoms with Gasteiger partial charge in [0.2, 0.25) is 0 Å². The van der Waals surface area contributed by atoms with Gasteiger partial charge in [0, 0.05) is 10.1 Å². The normalized spacial score (nSPS) is 52.3. The molecule has 0 aromatic heterocycles. The molecule has 2 fully saturated rings. The minimum atomic E-state index is 0.688. The molecule has 2 aliphatic rings. The quantitative estimate of drug-likeness (QED) is 0.425. The SMILES string of the molecule is SC1C(Br)C12CC2. The Kier molecular flexibility index (Phi) is 0.706. The van der Waals surface area contributed by atoms with Crippen LogP contribution in [0, 0.1) is 5.41 Å². The Balaban J connectivity index is 2.17. The summed E-state index contributed by atoms with van der Waals surface area (Å²) in [6.07, 6.45) is 2.83. The lowest BCUT2D eigenvalue weighted by molar-refractivity contribution is 0.915. The predicted octanol–water partition coefficient (Wildman–Crippen LogP) is 1.84. The maximum atomic E-state index is 4.37. The average molecular weight is 179 g/mol. The second kappa shape index (κ2) is 1.06. The molecule has 0 amide bonds. The van der Waals surface area contributed by atoms with Gasteiger partial charge < -0.3 is 0 Å². The molecule has 0 aromatic rings. The Labute approximate surface area is 57.2 Å². The highest BCUT2D eigenvalue weighted by molar-refractivity contribution is 9.09. The predicted molar refractivity (Wildman–Crippen MR) is 37.2 cm³/mol. The third kappa shape index (κ3) is 0.405. The van der Waals surface area contributed by atoms with Gasteiger partial charge >= 0.3 is 0 Å². The first-order valence-electron chi connectivity index (χ1n) is 2.59. The fourth-order valence-corrected chi connectivity index (χ4v) is 3.09. The fraction of sp³-hybridized carbons (Fsp3) is 1.00. The second-order valence-electron chi connectivity index (χ2n) is 2.58. The van der Waals surface area contributed by atoms with Crippen LogP contribution in [0.5, 0.6) is 0 Å². The number of hydrogen-bond donors (Lipinski definition) is 1. The lowest BCUT2D eigenvalue weighted by Gasteiger charge is -1.71. The van der Waals surface area contributed by atoms with Crippen molar-refractivity contribution < 1.29 is 0 Å². The molecule has 0 bridgehead atoms. The van der Waals surface area contributed by atoms with Gasteiger partial charge in [-0.15, -0.1) is 0 Å². The summed E-state index contributed by atoms with van der Waals surface area (Å²) in [5, 5.41) is 0.688. The number of rotatable bonds is 0. The van der Waals surface area contributed by atoms with Gasteiger partial charge in [-0.25, -0.2) is 0 Å². The lowest BCUT2D eigenvalue weighted by Crippen LogP contribution is -1.68. The van der Waals surface area contributed by atoms with Gasteiger partial charge in [-0.05, 0) is 18.3 Å². The topological polar surface area (TPSA) is 0 Å². The van der Waals surface area contributed by atoms with Crippen LogP contribution in [0.1, 0.15) is 12.8 Å². The molecule has 0 saturated heterocycles. The maximum Gasteiger partial charge on any atom is 0.0335 e. The van der Waals surface area contributed by atoms with Crippen LogP contribution in [0.4, 0.5) is 0 Å². The van der Waals surface area contributed by atoms with Crippen molar-refractivity contribution in [1.82, 2.24) is 0 Å². The highest BCUT2D eigenvalue weighted by Crippen LogP contribution is 2.71. The third-order valence-electron chi connectivity index (χ3n) is 2.13. The van der Waals surface area contributed by atoms with Crippen LogP contribution in [0.25, 0.3) is 0 Å². The molecule has 2 heteroatoms. The number of alkyl halides is 1. The van der Waals surface area contributed by atoms with E-state index in [1.54, 1.807) is 0 Å². The van der Waals surface area contributed by atoms with Crippen molar-refractivity contribution in [3.63, 3.8) is 0 Å². The molecule has 0 radical (unpaired) electrons. The molecule has 40 valence electrons. The van der Waals surface area contributed by atoms with Crippen molar-refractivity contribution in [3.05, 3.63) is 0 Å². The van der Waals surface area contributed by atoms with Crippen molar-refractivity contribution in [3.8, 4) is 0 Å². The fourth-order valence-electron chi connectivity index (χ4n) is 1.14. The number of hydrogen-bond acceptors (Lipinski definition) is 1. The lowest BCUT2D eigenvalue weighted by atomic mass is 10.4. The molecule has 2 aliphatic carbocycles. The highest BCUT2D eigenvalue weighted by atomic mass is 79.9. The molecular formula is C5H7BrS. The molecule has 2 unspecified atom stereocenters. The average Bonchev–Trinajstić information content (AvgIpc) is 2.47. The Hall–Kier alpha value is 0.830. The van der Waals surface area contributed by atoms with E-state index >= 15 is 0 Å². The molecule has 7 heavy (non-hydrogen) atoms. The van der Waals surface area contributed by atoms with Crippen molar-refractivity contribution in [2.24, 2.45) is 5.41 Å². The Morgan fingerprint density at radius 1 is 1.57 bits per heavy atom. The van der Waals surface area contributed by atoms with Gasteiger partial charge in [-0.1, -0.05) is 15.9 Å². The van der Waals surface area contributed by atoms with Crippen LogP contribution in [0.3, 0.4) is 0 Å². The Bertz CT molecular complexity index is 98.6. The summed E-state index contributed by atoms with van der Waals surface area (Å²) in [6, 6.07) is 0. The molecule has 0 N–H and O–H groups in total. The summed E-state index contributed by atoms with van der Waals surface area (Å²) in [5.74, 6) is 0. The van der Waals surface area contributed by atoms with Crippen molar-refractivity contribution in [2.75, 3.05) is 0 Å². The molecule has 0 aliphatic heterocycles. The van der Waals surface area contributed by atoms with E-state index in [-0.39, 0.29) is 0 Å². The monoisotopic (exact) mass is 178 g/mol. The zero-order valence-electron chi connectivity index (χ0n) is 3.89. The van der Waals surface area contributed by atoms with Gasteiger partial charge in [-0.3, -0.25) is 0 Å². The van der Waals surface area contributed by atoms with E-state index in [1.165, 1.54) is 12.8 Å². The minimum Gasteiger partial charge on any atom is -0.174 e. The molecule has 2 saturated carbocycles. The number of thiol groups is 1. The smallest absolute Gasteiger partial charge is 0.0335 e. The summed E-state index contributed by atoms with van der Waals surface area (Å²) in [6.45, 7) is 0. The van der Waals surface area contributed by atoms with Gasteiger partial charge in [0.1, 0.15) is 0 Å². The van der Waals surface area contributed by atoms with Crippen LogP contribution in [0.15, 0.2) is 0 Å². The highest BCUT2D eigenvalue weighted by Gasteiger charge is 2.69. The standard InChI is InChI=1S/C5H7BrS/c6-3-4(7)5(3)1-2-5/h3-4,7H,1-2H2. The van der Waals surface area contributed by atoms with Gasteiger partial charge in [-0.2, -0.15) is 12.6 Å². The Morgan fingerprint density at radius 2 is 2.00 bits per heavy atom. The molecule has 2 rings (SSSR count). The first-order chi connectivity index (χ1) is 3.27. The Morgan fingerprint density at radius 3 is 2.00 bits per heavy atom. The van der Waals surface area contributed by atoms with Crippen molar-refractivity contribution in [1.29, 1.82) is 0 Å². The minimum absolute atomic E-state index is 0.688. The first kappa shape index (κ1) is 4.68. The largest absolute Gasteiger partial charge is 0.174 e. The molecule has 1 spiro atoms. The van der Waals surface area contributed by atoms with Crippen molar-refractivity contribution >= 4 is 28.6 Å². The van der Waals surface area contributed by atoms with E-state index < -0.39 is 0 Å². The summed E-state index contributed by atoms with van der Waals surface area (Å²) in [5.41, 5.74) is 0.698. The summed E-state index contributed by atoms with van der Waals surface area (Å²) >= 11 is 7.92. The first-order valence-corrected chi connectivity index (χ1v) is 4.03. The van der Waals surface area contributed by atoms with E-state index in [0.717, 1.165) is 4.83 Å². The van der Waals surface area contributed by atoms with E-state index in [9.17, 15) is 0 Å².